The fourth-order valence-electron chi connectivity index (χ4n) is 3.54. The summed E-state index contributed by atoms with van der Waals surface area (Å²) in [6.07, 6.45) is 3.43. The van der Waals surface area contributed by atoms with Crippen molar-refractivity contribution >= 4 is 22.9 Å². The summed E-state index contributed by atoms with van der Waals surface area (Å²) in [5.41, 5.74) is 1.71. The monoisotopic (exact) mass is 371 g/mol. The Morgan fingerprint density at radius 3 is 2.63 bits per heavy atom. The van der Waals surface area contributed by atoms with Crippen LogP contribution in [0.1, 0.15) is 39.5 Å². The molecule has 0 bridgehead atoms. The normalized spacial score (nSPS) is 15.1. The van der Waals surface area contributed by atoms with E-state index in [0.717, 1.165) is 36.7 Å². The van der Waals surface area contributed by atoms with Crippen LogP contribution in [0.2, 0.25) is 0 Å². The van der Waals surface area contributed by atoms with Gasteiger partial charge in [-0.25, -0.2) is 9.78 Å². The van der Waals surface area contributed by atoms with Gasteiger partial charge in [0.05, 0.1) is 11.0 Å². The Kier molecular flexibility index (Phi) is 6.32. The molecule has 7 nitrogen and oxygen atoms in total. The predicted molar refractivity (Wildman–Crippen MR) is 108 cm³/mol. The first-order valence-corrected chi connectivity index (χ1v) is 9.93. The van der Waals surface area contributed by atoms with Crippen LogP contribution < -0.4 is 21.1 Å². The number of anilines is 1. The second kappa shape index (κ2) is 8.88. The van der Waals surface area contributed by atoms with Gasteiger partial charge in [-0.15, -0.1) is 0 Å². The van der Waals surface area contributed by atoms with Crippen LogP contribution in [-0.2, 0) is 6.54 Å². The summed E-state index contributed by atoms with van der Waals surface area (Å²) in [6, 6.07) is 7.83. The number of piperidine rings is 1. The van der Waals surface area contributed by atoms with Gasteiger partial charge in [-0.3, -0.25) is 4.79 Å². The molecule has 146 valence electrons. The zero-order valence-electron chi connectivity index (χ0n) is 16.2. The molecule has 2 heterocycles. The van der Waals surface area contributed by atoms with E-state index in [1.165, 1.54) is 0 Å². The Bertz CT molecular complexity index is 840. The van der Waals surface area contributed by atoms with E-state index in [1.807, 2.05) is 35.8 Å². The quantitative estimate of drug-likeness (QED) is 0.818. The molecule has 1 aliphatic rings. The van der Waals surface area contributed by atoms with Gasteiger partial charge in [-0.05, 0) is 37.8 Å². The van der Waals surface area contributed by atoms with Gasteiger partial charge in [0.15, 0.2) is 5.82 Å². The van der Waals surface area contributed by atoms with Gasteiger partial charge >= 0.3 is 6.03 Å². The summed E-state index contributed by atoms with van der Waals surface area (Å²) < 4.78 is 1.83. The van der Waals surface area contributed by atoms with Crippen LogP contribution in [0, 0.1) is 0 Å². The molecule has 27 heavy (non-hydrogen) atoms. The molecule has 2 aromatic rings. The molecule has 3 rings (SSSR count). The van der Waals surface area contributed by atoms with Crippen molar-refractivity contribution in [2.24, 2.45) is 0 Å². The number of aryl methyl sites for hydroxylation is 1. The summed E-state index contributed by atoms with van der Waals surface area (Å²) in [5.74, 6) is 0.524. The lowest BCUT2D eigenvalue weighted by Gasteiger charge is -2.33. The topological polar surface area (TPSA) is 79.3 Å². The van der Waals surface area contributed by atoms with Crippen molar-refractivity contribution in [1.82, 2.24) is 20.2 Å². The number of benzene rings is 1. The van der Waals surface area contributed by atoms with E-state index in [9.17, 15) is 9.59 Å². The van der Waals surface area contributed by atoms with Gasteiger partial charge in [0, 0.05) is 32.2 Å². The molecule has 0 unspecified atom stereocenters. The summed E-state index contributed by atoms with van der Waals surface area (Å²) >= 11 is 0. The van der Waals surface area contributed by atoms with E-state index < -0.39 is 0 Å². The number of carbonyl (C=O) groups is 1. The Labute approximate surface area is 159 Å². The molecule has 0 atom stereocenters. The zero-order valence-corrected chi connectivity index (χ0v) is 16.2. The van der Waals surface area contributed by atoms with E-state index in [1.54, 1.807) is 0 Å². The number of carbonyl (C=O) groups excluding carboxylic acids is 1. The maximum absolute atomic E-state index is 13.0. The zero-order chi connectivity index (χ0) is 19.2. The lowest BCUT2D eigenvalue weighted by Crippen LogP contribution is -2.49. The first-order valence-electron chi connectivity index (χ1n) is 9.93. The van der Waals surface area contributed by atoms with Crippen molar-refractivity contribution in [3.8, 4) is 0 Å². The SMILES string of the molecule is CCCNC(=O)NC1CCN(c2nc3ccccc3n(CCC)c2=O)CC1. The van der Waals surface area contributed by atoms with Crippen LogP contribution in [-0.4, -0.2) is 41.3 Å². The maximum atomic E-state index is 13.0. The Balaban J connectivity index is 1.74. The number of hydrogen-bond donors (Lipinski definition) is 2. The van der Waals surface area contributed by atoms with Gasteiger partial charge in [-0.1, -0.05) is 26.0 Å². The predicted octanol–water partition coefficient (Wildman–Crippen LogP) is 2.48. The minimum Gasteiger partial charge on any atom is -0.352 e. The average Bonchev–Trinajstić information content (AvgIpc) is 2.69. The van der Waals surface area contributed by atoms with Crippen LogP contribution in [0.4, 0.5) is 10.6 Å². The van der Waals surface area contributed by atoms with Gasteiger partial charge < -0.3 is 20.1 Å². The van der Waals surface area contributed by atoms with Crippen molar-refractivity contribution in [2.45, 2.75) is 52.1 Å². The van der Waals surface area contributed by atoms with Crippen molar-refractivity contribution in [2.75, 3.05) is 24.5 Å². The summed E-state index contributed by atoms with van der Waals surface area (Å²) in [5, 5.41) is 5.87. The van der Waals surface area contributed by atoms with Gasteiger partial charge in [0.2, 0.25) is 0 Å². The van der Waals surface area contributed by atoms with E-state index >= 15 is 0 Å². The molecule has 0 saturated carbocycles. The van der Waals surface area contributed by atoms with Crippen molar-refractivity contribution in [3.05, 3.63) is 34.6 Å². The number of nitrogens with one attached hydrogen (secondary N) is 2. The third-order valence-corrected chi connectivity index (χ3v) is 4.95. The standard InChI is InChI=1S/C20H29N5O2/c1-3-11-21-20(27)22-15-9-13-24(14-10-15)18-19(26)25(12-4-2)17-8-6-5-7-16(17)23-18/h5-8,15H,3-4,9-14H2,1-2H3,(H2,21,22,27). The Hall–Kier alpha value is -2.57. The molecule has 1 fully saturated rings. The highest BCUT2D eigenvalue weighted by atomic mass is 16.2. The van der Waals surface area contributed by atoms with Gasteiger partial charge in [-0.2, -0.15) is 0 Å². The molecule has 1 saturated heterocycles. The van der Waals surface area contributed by atoms with E-state index in [0.29, 0.717) is 32.0 Å². The molecular weight excluding hydrogens is 342 g/mol. The first-order chi connectivity index (χ1) is 13.1. The van der Waals surface area contributed by atoms with Gasteiger partial charge in [0.25, 0.3) is 5.56 Å². The van der Waals surface area contributed by atoms with Crippen LogP contribution in [0.15, 0.2) is 29.1 Å². The largest absolute Gasteiger partial charge is 0.352 e. The molecule has 0 radical (unpaired) electrons. The number of para-hydroxylation sites is 2. The second-order valence-electron chi connectivity index (χ2n) is 7.04. The fourth-order valence-corrected chi connectivity index (χ4v) is 3.54. The smallest absolute Gasteiger partial charge is 0.315 e. The molecule has 0 aliphatic carbocycles. The Morgan fingerprint density at radius 1 is 1.19 bits per heavy atom. The number of fused-ring (bicyclic) bond motifs is 1. The number of nitrogens with zero attached hydrogens (tertiary/aromatic N) is 3. The van der Waals surface area contributed by atoms with Crippen LogP contribution >= 0.6 is 0 Å². The lowest BCUT2D eigenvalue weighted by atomic mass is 10.1. The second-order valence-corrected chi connectivity index (χ2v) is 7.04. The molecule has 2 amide bonds. The average molecular weight is 371 g/mol. The Morgan fingerprint density at radius 2 is 1.93 bits per heavy atom. The number of urea groups is 1. The highest BCUT2D eigenvalue weighted by Gasteiger charge is 2.24. The maximum Gasteiger partial charge on any atom is 0.315 e. The lowest BCUT2D eigenvalue weighted by molar-refractivity contribution is 0.234. The highest BCUT2D eigenvalue weighted by Crippen LogP contribution is 2.19. The van der Waals surface area contributed by atoms with E-state index in [2.05, 4.69) is 27.4 Å². The van der Waals surface area contributed by atoms with E-state index in [4.69, 9.17) is 0 Å². The molecule has 1 aromatic heterocycles. The number of hydrogen-bond acceptors (Lipinski definition) is 4. The molecule has 7 heteroatoms. The van der Waals surface area contributed by atoms with Crippen LogP contribution in [0.25, 0.3) is 11.0 Å². The molecular formula is C20H29N5O2. The summed E-state index contributed by atoms with van der Waals surface area (Å²) in [6.45, 7) is 6.90. The van der Waals surface area contributed by atoms with Gasteiger partial charge in [0.1, 0.15) is 0 Å². The molecule has 1 aliphatic heterocycles. The summed E-state index contributed by atoms with van der Waals surface area (Å²) in [4.78, 5) is 31.6. The minimum absolute atomic E-state index is 0.0253. The first kappa shape index (κ1) is 19.2. The van der Waals surface area contributed by atoms with Crippen molar-refractivity contribution in [3.63, 3.8) is 0 Å². The minimum atomic E-state index is -0.107. The molecule has 1 aromatic carbocycles. The van der Waals surface area contributed by atoms with Crippen LogP contribution in [0.3, 0.4) is 0 Å². The number of aromatic nitrogens is 2. The number of amides is 2. The number of rotatable bonds is 6. The third-order valence-electron chi connectivity index (χ3n) is 4.95. The van der Waals surface area contributed by atoms with E-state index in [-0.39, 0.29) is 17.6 Å². The molecule has 0 spiro atoms. The van der Waals surface area contributed by atoms with Crippen molar-refractivity contribution < 1.29 is 4.79 Å². The highest BCUT2D eigenvalue weighted by molar-refractivity contribution is 5.76. The summed E-state index contributed by atoms with van der Waals surface area (Å²) in [7, 11) is 0. The fraction of sp³-hybridized carbons (Fsp3) is 0.550. The molecule has 2 N–H and O–H groups in total. The van der Waals surface area contributed by atoms with Crippen molar-refractivity contribution in [1.29, 1.82) is 0 Å². The van der Waals surface area contributed by atoms with Crippen LogP contribution in [0.5, 0.6) is 0 Å². The third kappa shape index (κ3) is 4.40.